The van der Waals surface area contributed by atoms with E-state index in [1.54, 1.807) is 4.57 Å². The van der Waals surface area contributed by atoms with Gasteiger partial charge >= 0.3 is 5.69 Å². The van der Waals surface area contributed by atoms with E-state index >= 15 is 0 Å². The molecule has 3 heterocycles. The Labute approximate surface area is 192 Å². The molecular weight excluding hydrogens is 446 g/mol. The van der Waals surface area contributed by atoms with Gasteiger partial charge in [-0.1, -0.05) is 54.1 Å². The SMILES string of the molecule is CCCCn1c(=O)[nH]c(=O)c2c1nc(CSc1nnc(Nc3ccc(C)cc3)s1)n2CC. The van der Waals surface area contributed by atoms with Crippen LogP contribution in [-0.2, 0) is 18.8 Å². The first-order chi connectivity index (χ1) is 15.5. The van der Waals surface area contributed by atoms with Crippen LogP contribution >= 0.6 is 23.1 Å². The largest absolute Gasteiger partial charge is 0.330 e. The standard InChI is InChI=1S/C21H25N7O2S2/c1-4-6-11-28-17-16(18(29)24-20(28)30)27(5-2)15(23-17)12-31-21-26-25-19(32-21)22-14-9-7-13(3)8-10-14/h7-10H,4-6,11-12H2,1-3H3,(H,22,25)(H,24,29,30). The summed E-state index contributed by atoms with van der Waals surface area (Å²) in [4.78, 5) is 32.0. The van der Waals surface area contributed by atoms with Gasteiger partial charge in [-0.25, -0.2) is 9.78 Å². The highest BCUT2D eigenvalue weighted by atomic mass is 32.2. The van der Waals surface area contributed by atoms with Crippen LogP contribution in [0.25, 0.3) is 11.2 Å². The van der Waals surface area contributed by atoms with Crippen LogP contribution in [0, 0.1) is 6.92 Å². The first-order valence-corrected chi connectivity index (χ1v) is 12.3. The fourth-order valence-corrected chi connectivity index (χ4v) is 5.12. The Bertz CT molecular complexity index is 1340. The zero-order chi connectivity index (χ0) is 22.7. The van der Waals surface area contributed by atoms with Gasteiger partial charge in [0.15, 0.2) is 15.5 Å². The van der Waals surface area contributed by atoms with E-state index in [9.17, 15) is 9.59 Å². The average molecular weight is 472 g/mol. The predicted molar refractivity (Wildman–Crippen MR) is 129 cm³/mol. The van der Waals surface area contributed by atoms with Crippen molar-refractivity contribution in [3.8, 4) is 0 Å². The molecule has 0 aliphatic rings. The van der Waals surface area contributed by atoms with Crippen molar-refractivity contribution in [2.24, 2.45) is 0 Å². The number of fused-ring (bicyclic) bond motifs is 1. The van der Waals surface area contributed by atoms with Gasteiger partial charge in [0.05, 0.1) is 5.75 Å². The maximum atomic E-state index is 12.5. The average Bonchev–Trinajstić information content (AvgIpc) is 3.38. The number of aryl methyl sites for hydroxylation is 3. The maximum absolute atomic E-state index is 12.5. The van der Waals surface area contributed by atoms with Crippen molar-refractivity contribution in [3.05, 3.63) is 56.5 Å². The summed E-state index contributed by atoms with van der Waals surface area (Å²) in [6, 6.07) is 8.08. The minimum Gasteiger partial charge on any atom is -0.330 e. The molecule has 0 fully saturated rings. The number of anilines is 2. The molecule has 0 atom stereocenters. The normalized spacial score (nSPS) is 11.3. The number of imidazole rings is 1. The molecule has 0 radical (unpaired) electrons. The third-order valence-electron chi connectivity index (χ3n) is 5.05. The smallest absolute Gasteiger partial charge is 0.330 e. The Morgan fingerprint density at radius 3 is 2.62 bits per heavy atom. The van der Waals surface area contributed by atoms with Crippen molar-refractivity contribution in [1.82, 2.24) is 29.3 Å². The molecule has 9 nitrogen and oxygen atoms in total. The van der Waals surface area contributed by atoms with E-state index in [0.717, 1.165) is 28.7 Å². The van der Waals surface area contributed by atoms with Crippen LogP contribution in [0.3, 0.4) is 0 Å². The molecule has 11 heteroatoms. The lowest BCUT2D eigenvalue weighted by molar-refractivity contribution is 0.613. The molecule has 2 N–H and O–H groups in total. The Hall–Kier alpha value is -2.92. The molecule has 0 saturated carbocycles. The molecule has 0 amide bonds. The summed E-state index contributed by atoms with van der Waals surface area (Å²) in [5, 5.41) is 12.4. The third kappa shape index (κ3) is 4.63. The molecule has 168 valence electrons. The predicted octanol–water partition coefficient (Wildman–Crippen LogP) is 3.90. The molecular formula is C21H25N7O2S2. The number of rotatable bonds is 9. The lowest BCUT2D eigenvalue weighted by atomic mass is 10.2. The van der Waals surface area contributed by atoms with Gasteiger partial charge in [-0.3, -0.25) is 14.3 Å². The van der Waals surface area contributed by atoms with Crippen LogP contribution in [0.2, 0.25) is 0 Å². The molecule has 32 heavy (non-hydrogen) atoms. The minimum atomic E-state index is -0.410. The second-order valence-electron chi connectivity index (χ2n) is 7.36. The zero-order valence-corrected chi connectivity index (χ0v) is 19.8. The molecule has 4 rings (SSSR count). The van der Waals surface area contributed by atoms with Crippen molar-refractivity contribution in [2.45, 2.75) is 56.8 Å². The first-order valence-electron chi connectivity index (χ1n) is 10.5. The van der Waals surface area contributed by atoms with Crippen molar-refractivity contribution in [3.63, 3.8) is 0 Å². The van der Waals surface area contributed by atoms with E-state index in [1.807, 2.05) is 42.7 Å². The Balaban J connectivity index is 1.56. The molecule has 3 aromatic heterocycles. The fraction of sp³-hybridized carbons (Fsp3) is 0.381. The fourth-order valence-electron chi connectivity index (χ4n) is 3.40. The van der Waals surface area contributed by atoms with E-state index in [0.29, 0.717) is 35.1 Å². The van der Waals surface area contributed by atoms with Crippen LogP contribution in [0.15, 0.2) is 38.2 Å². The first kappa shape index (κ1) is 22.3. The van der Waals surface area contributed by atoms with E-state index in [-0.39, 0.29) is 0 Å². The summed E-state index contributed by atoms with van der Waals surface area (Å²) in [6.45, 7) is 7.18. The summed E-state index contributed by atoms with van der Waals surface area (Å²) in [6.07, 6.45) is 1.78. The van der Waals surface area contributed by atoms with Gasteiger partial charge in [0.2, 0.25) is 5.13 Å². The zero-order valence-electron chi connectivity index (χ0n) is 18.2. The van der Waals surface area contributed by atoms with E-state index in [1.165, 1.54) is 28.7 Å². The number of hydrogen-bond donors (Lipinski definition) is 2. The number of aromatic amines is 1. The van der Waals surface area contributed by atoms with Gasteiger partial charge in [0.1, 0.15) is 5.82 Å². The topological polar surface area (TPSA) is 110 Å². The van der Waals surface area contributed by atoms with E-state index in [4.69, 9.17) is 0 Å². The highest BCUT2D eigenvalue weighted by Crippen LogP contribution is 2.30. The van der Waals surface area contributed by atoms with Gasteiger partial charge < -0.3 is 9.88 Å². The summed E-state index contributed by atoms with van der Waals surface area (Å²) in [7, 11) is 0. The number of nitrogens with one attached hydrogen (secondary N) is 2. The van der Waals surface area contributed by atoms with Crippen LogP contribution < -0.4 is 16.6 Å². The number of nitrogens with zero attached hydrogens (tertiary/aromatic N) is 5. The summed E-state index contributed by atoms with van der Waals surface area (Å²) in [5.41, 5.74) is 2.24. The lowest BCUT2D eigenvalue weighted by Crippen LogP contribution is -2.31. The summed E-state index contributed by atoms with van der Waals surface area (Å²) < 4.78 is 4.23. The number of unbranched alkanes of at least 4 members (excludes halogenated alkanes) is 1. The molecule has 0 aliphatic carbocycles. The van der Waals surface area contributed by atoms with E-state index in [2.05, 4.69) is 32.4 Å². The highest BCUT2D eigenvalue weighted by molar-refractivity contribution is 8.00. The Kier molecular flexibility index (Phi) is 6.75. The second kappa shape index (κ2) is 9.70. The number of thioether (sulfide) groups is 1. The lowest BCUT2D eigenvalue weighted by Gasteiger charge is -2.06. The number of hydrogen-bond acceptors (Lipinski definition) is 8. The molecule has 0 aliphatic heterocycles. The molecule has 0 unspecified atom stereocenters. The van der Waals surface area contributed by atoms with Crippen LogP contribution in [0.5, 0.6) is 0 Å². The van der Waals surface area contributed by atoms with Crippen LogP contribution in [0.1, 0.15) is 38.1 Å². The van der Waals surface area contributed by atoms with Crippen molar-refractivity contribution in [1.29, 1.82) is 0 Å². The van der Waals surface area contributed by atoms with Gasteiger partial charge in [-0.15, -0.1) is 10.2 Å². The highest BCUT2D eigenvalue weighted by Gasteiger charge is 2.18. The second-order valence-corrected chi connectivity index (χ2v) is 9.56. The monoisotopic (exact) mass is 471 g/mol. The molecule has 0 bridgehead atoms. The molecule has 1 aromatic carbocycles. The molecule has 0 spiro atoms. The van der Waals surface area contributed by atoms with Crippen molar-refractivity contribution < 1.29 is 0 Å². The Morgan fingerprint density at radius 2 is 1.91 bits per heavy atom. The number of H-pyrrole nitrogens is 1. The maximum Gasteiger partial charge on any atom is 0.330 e. The number of aromatic nitrogens is 6. The van der Waals surface area contributed by atoms with Crippen LogP contribution in [-0.4, -0.2) is 29.3 Å². The molecule has 0 saturated heterocycles. The summed E-state index contributed by atoms with van der Waals surface area (Å²) >= 11 is 2.97. The third-order valence-corrected chi connectivity index (χ3v) is 7.02. The van der Waals surface area contributed by atoms with Gasteiger partial charge in [0.25, 0.3) is 5.56 Å². The van der Waals surface area contributed by atoms with Gasteiger partial charge in [-0.2, -0.15) is 0 Å². The quantitative estimate of drug-likeness (QED) is 0.356. The van der Waals surface area contributed by atoms with E-state index < -0.39 is 11.2 Å². The van der Waals surface area contributed by atoms with Crippen molar-refractivity contribution >= 4 is 45.1 Å². The molecule has 4 aromatic rings. The van der Waals surface area contributed by atoms with Gasteiger partial charge in [0, 0.05) is 18.8 Å². The number of benzene rings is 1. The summed E-state index contributed by atoms with van der Waals surface area (Å²) in [5.74, 6) is 1.25. The minimum absolute atomic E-state index is 0.399. The van der Waals surface area contributed by atoms with Crippen LogP contribution in [0.4, 0.5) is 10.8 Å². The van der Waals surface area contributed by atoms with Gasteiger partial charge in [-0.05, 0) is 32.4 Å². The Morgan fingerprint density at radius 1 is 1.12 bits per heavy atom. The van der Waals surface area contributed by atoms with Crippen molar-refractivity contribution in [2.75, 3.05) is 5.32 Å².